The molecule has 1 aromatic carbocycles. The van der Waals surface area contributed by atoms with Crippen molar-refractivity contribution in [3.63, 3.8) is 0 Å². The molecule has 0 saturated heterocycles. The predicted octanol–water partition coefficient (Wildman–Crippen LogP) is 2.44. The maximum atomic E-state index is 13.5. The van der Waals surface area contributed by atoms with Gasteiger partial charge in [-0.15, -0.1) is 0 Å². The number of aromatic nitrogens is 2. The lowest BCUT2D eigenvalue weighted by atomic mass is 10.1. The van der Waals surface area contributed by atoms with Crippen LogP contribution in [0.4, 0.5) is 8.78 Å². The third kappa shape index (κ3) is 3.82. The van der Waals surface area contributed by atoms with Gasteiger partial charge in [-0.05, 0) is 24.6 Å². The topological polar surface area (TPSA) is 51.0 Å². The van der Waals surface area contributed by atoms with Gasteiger partial charge in [-0.25, -0.2) is 8.78 Å². The number of nitrogens with zero attached hydrogens (tertiary/aromatic N) is 2. The van der Waals surface area contributed by atoms with Crippen LogP contribution in [0.1, 0.15) is 30.6 Å². The summed E-state index contributed by atoms with van der Waals surface area (Å²) in [6.45, 7) is 3.42. The van der Waals surface area contributed by atoms with E-state index in [0.29, 0.717) is 23.8 Å². The molecule has 19 heavy (non-hydrogen) atoms. The van der Waals surface area contributed by atoms with Gasteiger partial charge in [0.2, 0.25) is 5.89 Å². The van der Waals surface area contributed by atoms with Gasteiger partial charge in [-0.2, -0.15) is 4.98 Å². The van der Waals surface area contributed by atoms with E-state index in [0.717, 1.165) is 19.0 Å². The van der Waals surface area contributed by atoms with E-state index in [1.165, 1.54) is 12.1 Å². The molecule has 0 aliphatic carbocycles. The minimum absolute atomic E-state index is 0.184. The Balaban J connectivity index is 1.99. The summed E-state index contributed by atoms with van der Waals surface area (Å²) in [5.74, 6) is -0.348. The van der Waals surface area contributed by atoms with Crippen LogP contribution >= 0.6 is 0 Å². The summed E-state index contributed by atoms with van der Waals surface area (Å²) in [5.41, 5.74) is 0.343. The van der Waals surface area contributed by atoms with E-state index >= 15 is 0 Å². The lowest BCUT2D eigenvalue weighted by Gasteiger charge is -1.99. The van der Waals surface area contributed by atoms with Crippen LogP contribution in [0, 0.1) is 11.6 Å². The molecular formula is C13H15F2N3O. The van der Waals surface area contributed by atoms with Crippen LogP contribution in [-0.2, 0) is 13.0 Å². The van der Waals surface area contributed by atoms with E-state index < -0.39 is 11.6 Å². The van der Waals surface area contributed by atoms with Crippen molar-refractivity contribution < 1.29 is 13.3 Å². The summed E-state index contributed by atoms with van der Waals surface area (Å²) >= 11 is 0. The standard InChI is InChI=1S/C13H15F2N3O/c1-2-5-16-8-13-17-12(18-19-13)6-9-3-4-10(14)7-11(9)15/h3-4,7,16H,2,5-6,8H2,1H3. The van der Waals surface area contributed by atoms with Gasteiger partial charge >= 0.3 is 0 Å². The maximum absolute atomic E-state index is 13.5. The second kappa shape index (κ2) is 6.38. The summed E-state index contributed by atoms with van der Waals surface area (Å²) in [7, 11) is 0. The van der Waals surface area contributed by atoms with Crippen molar-refractivity contribution in [2.24, 2.45) is 0 Å². The molecule has 2 aromatic rings. The number of benzene rings is 1. The first kappa shape index (κ1) is 13.6. The number of halogens is 2. The Hall–Kier alpha value is -1.82. The zero-order chi connectivity index (χ0) is 13.7. The molecule has 0 aliphatic rings. The average molecular weight is 267 g/mol. The molecule has 0 fully saturated rings. The summed E-state index contributed by atoms with van der Waals surface area (Å²) in [5, 5.41) is 6.89. The van der Waals surface area contributed by atoms with Crippen LogP contribution < -0.4 is 5.32 Å². The summed E-state index contributed by atoms with van der Waals surface area (Å²) in [4.78, 5) is 4.14. The molecule has 0 atom stereocenters. The highest BCUT2D eigenvalue weighted by Crippen LogP contribution is 2.13. The van der Waals surface area contributed by atoms with E-state index in [1.807, 2.05) is 0 Å². The molecule has 0 spiro atoms. The Labute approximate surface area is 109 Å². The van der Waals surface area contributed by atoms with Gasteiger partial charge in [0.1, 0.15) is 11.6 Å². The Morgan fingerprint density at radius 2 is 2.16 bits per heavy atom. The van der Waals surface area contributed by atoms with Crippen LogP contribution in [0.25, 0.3) is 0 Å². The van der Waals surface area contributed by atoms with Crippen molar-refractivity contribution in [1.82, 2.24) is 15.5 Å². The first-order valence-corrected chi connectivity index (χ1v) is 6.15. The van der Waals surface area contributed by atoms with Crippen molar-refractivity contribution in [3.8, 4) is 0 Å². The zero-order valence-electron chi connectivity index (χ0n) is 10.6. The Kier molecular flexibility index (Phi) is 4.57. The van der Waals surface area contributed by atoms with E-state index in [2.05, 4.69) is 22.4 Å². The quantitative estimate of drug-likeness (QED) is 0.817. The molecule has 1 N–H and O–H groups in total. The molecule has 0 saturated carbocycles. The van der Waals surface area contributed by atoms with Gasteiger partial charge < -0.3 is 9.84 Å². The summed E-state index contributed by atoms with van der Waals surface area (Å²) < 4.78 is 31.2. The largest absolute Gasteiger partial charge is 0.338 e. The Morgan fingerprint density at radius 1 is 1.32 bits per heavy atom. The normalized spacial score (nSPS) is 10.9. The highest BCUT2D eigenvalue weighted by Gasteiger charge is 2.10. The summed E-state index contributed by atoms with van der Waals surface area (Å²) in [6.07, 6.45) is 1.20. The van der Waals surface area contributed by atoms with Crippen LogP contribution in [0.15, 0.2) is 22.7 Å². The van der Waals surface area contributed by atoms with E-state index in [4.69, 9.17) is 4.52 Å². The minimum Gasteiger partial charge on any atom is -0.338 e. The van der Waals surface area contributed by atoms with Gasteiger partial charge in [-0.1, -0.05) is 18.1 Å². The highest BCUT2D eigenvalue weighted by atomic mass is 19.1. The number of rotatable bonds is 6. The van der Waals surface area contributed by atoms with E-state index in [9.17, 15) is 8.78 Å². The molecule has 0 bridgehead atoms. The molecule has 2 rings (SSSR count). The van der Waals surface area contributed by atoms with Crippen LogP contribution in [-0.4, -0.2) is 16.7 Å². The van der Waals surface area contributed by atoms with Gasteiger partial charge in [0.05, 0.1) is 6.54 Å². The first-order valence-electron chi connectivity index (χ1n) is 6.15. The van der Waals surface area contributed by atoms with Gasteiger partial charge in [0.25, 0.3) is 0 Å². The maximum Gasteiger partial charge on any atom is 0.240 e. The lowest BCUT2D eigenvalue weighted by Crippen LogP contribution is -2.13. The molecule has 6 heteroatoms. The van der Waals surface area contributed by atoms with Crippen molar-refractivity contribution in [2.75, 3.05) is 6.54 Å². The first-order chi connectivity index (χ1) is 9.19. The number of nitrogens with one attached hydrogen (secondary N) is 1. The fourth-order valence-electron chi connectivity index (χ4n) is 1.64. The number of hydrogen-bond acceptors (Lipinski definition) is 4. The molecule has 1 aromatic heterocycles. The predicted molar refractivity (Wildman–Crippen MR) is 65.5 cm³/mol. The van der Waals surface area contributed by atoms with Crippen LogP contribution in [0.2, 0.25) is 0 Å². The van der Waals surface area contributed by atoms with Gasteiger partial charge in [0, 0.05) is 12.5 Å². The van der Waals surface area contributed by atoms with Crippen molar-refractivity contribution in [1.29, 1.82) is 0 Å². The fourth-order valence-corrected chi connectivity index (χ4v) is 1.64. The Morgan fingerprint density at radius 3 is 2.89 bits per heavy atom. The number of hydrogen-bond donors (Lipinski definition) is 1. The fraction of sp³-hybridized carbons (Fsp3) is 0.385. The Bertz CT molecular complexity index is 542. The third-order valence-electron chi connectivity index (χ3n) is 2.58. The minimum atomic E-state index is -0.601. The van der Waals surface area contributed by atoms with E-state index in [1.54, 1.807) is 0 Å². The molecule has 0 unspecified atom stereocenters. The molecule has 0 radical (unpaired) electrons. The zero-order valence-corrected chi connectivity index (χ0v) is 10.6. The molecule has 102 valence electrons. The highest BCUT2D eigenvalue weighted by molar-refractivity contribution is 5.21. The van der Waals surface area contributed by atoms with Crippen LogP contribution in [0.3, 0.4) is 0 Å². The smallest absolute Gasteiger partial charge is 0.240 e. The second-order valence-electron chi connectivity index (χ2n) is 4.19. The third-order valence-corrected chi connectivity index (χ3v) is 2.58. The second-order valence-corrected chi connectivity index (χ2v) is 4.19. The average Bonchev–Trinajstić information content (AvgIpc) is 2.81. The molecule has 4 nitrogen and oxygen atoms in total. The van der Waals surface area contributed by atoms with Crippen molar-refractivity contribution in [3.05, 3.63) is 47.1 Å². The molecule has 1 heterocycles. The molecular weight excluding hydrogens is 252 g/mol. The van der Waals surface area contributed by atoms with Gasteiger partial charge in [-0.3, -0.25) is 0 Å². The van der Waals surface area contributed by atoms with E-state index in [-0.39, 0.29) is 6.42 Å². The van der Waals surface area contributed by atoms with Crippen LogP contribution in [0.5, 0.6) is 0 Å². The molecule has 0 aliphatic heterocycles. The van der Waals surface area contributed by atoms with Gasteiger partial charge in [0.15, 0.2) is 5.82 Å². The van der Waals surface area contributed by atoms with Crippen molar-refractivity contribution >= 4 is 0 Å². The monoisotopic (exact) mass is 267 g/mol. The molecule has 0 amide bonds. The van der Waals surface area contributed by atoms with Crippen molar-refractivity contribution in [2.45, 2.75) is 26.3 Å². The SMILES string of the molecule is CCCNCc1nc(Cc2ccc(F)cc2F)no1. The summed E-state index contributed by atoms with van der Waals surface area (Å²) in [6, 6.07) is 3.44. The lowest BCUT2D eigenvalue weighted by molar-refractivity contribution is 0.363.